The number of imidazole rings is 1. The van der Waals surface area contributed by atoms with E-state index in [-0.39, 0.29) is 25.0 Å². The van der Waals surface area contributed by atoms with E-state index in [4.69, 9.17) is 10.8 Å². The maximum Gasteiger partial charge on any atom is 0.326 e. The molecule has 14 nitrogen and oxygen atoms in total. The van der Waals surface area contributed by atoms with Crippen LogP contribution in [0.1, 0.15) is 30.5 Å². The Balaban J connectivity index is 2.20. The average Bonchev–Trinajstić information content (AvgIpc) is 3.42. The normalized spacial score (nSPS) is 13.8. The van der Waals surface area contributed by atoms with Gasteiger partial charge in [-0.1, -0.05) is 12.1 Å². The summed E-state index contributed by atoms with van der Waals surface area (Å²) in [6, 6.07) is 0.821. The van der Waals surface area contributed by atoms with Crippen molar-refractivity contribution in [3.63, 3.8) is 0 Å². The van der Waals surface area contributed by atoms with Crippen LogP contribution in [-0.2, 0) is 36.8 Å². The van der Waals surface area contributed by atoms with Gasteiger partial charge in [-0.15, -0.1) is 0 Å². The first kappa shape index (κ1) is 32.1. The van der Waals surface area contributed by atoms with E-state index in [0.29, 0.717) is 23.4 Å². The minimum atomic E-state index is -1.42. The maximum atomic E-state index is 13.3. The Hall–Kier alpha value is -4.11. The van der Waals surface area contributed by atoms with Gasteiger partial charge in [-0.3, -0.25) is 19.2 Å². The van der Waals surface area contributed by atoms with Crippen LogP contribution in [0.3, 0.4) is 0 Å². The Morgan fingerprint density at radius 1 is 0.925 bits per heavy atom. The molecule has 9 N–H and O–H groups in total. The topological polar surface area (TPSA) is 237 Å². The largest absolute Gasteiger partial charge is 0.508 e. The number of carbonyl (C=O) groups is 5. The van der Waals surface area contributed by atoms with Crippen LogP contribution >= 0.6 is 11.8 Å². The van der Waals surface area contributed by atoms with Gasteiger partial charge in [0.15, 0.2) is 0 Å². The van der Waals surface area contributed by atoms with Crippen LogP contribution < -0.4 is 21.7 Å². The molecule has 4 atom stereocenters. The molecule has 1 aromatic carbocycles. The highest BCUT2D eigenvalue weighted by molar-refractivity contribution is 7.98. The smallest absolute Gasteiger partial charge is 0.326 e. The number of thioether (sulfide) groups is 1. The van der Waals surface area contributed by atoms with Crippen molar-refractivity contribution in [2.24, 2.45) is 5.73 Å². The number of hydrogen-bond acceptors (Lipinski definition) is 9. The number of hydrogen-bond donors (Lipinski definition) is 8. The van der Waals surface area contributed by atoms with E-state index in [0.717, 1.165) is 0 Å². The summed E-state index contributed by atoms with van der Waals surface area (Å²) in [6.07, 6.45) is 4.08. The third kappa shape index (κ3) is 10.9. The number of nitrogens with zero attached hydrogens (tertiary/aromatic N) is 1. The maximum absolute atomic E-state index is 13.3. The van der Waals surface area contributed by atoms with Gasteiger partial charge in [0.05, 0.1) is 12.4 Å². The zero-order valence-corrected chi connectivity index (χ0v) is 22.6. The summed E-state index contributed by atoms with van der Waals surface area (Å²) in [7, 11) is 0. The van der Waals surface area contributed by atoms with Crippen LogP contribution in [0, 0.1) is 0 Å². The molecular formula is C25H34N6O8S. The van der Waals surface area contributed by atoms with Gasteiger partial charge < -0.3 is 42.0 Å². The number of benzene rings is 1. The van der Waals surface area contributed by atoms with Crippen LogP contribution in [0.5, 0.6) is 5.75 Å². The van der Waals surface area contributed by atoms with Crippen LogP contribution in [-0.4, -0.2) is 91.1 Å². The van der Waals surface area contributed by atoms with Crippen molar-refractivity contribution in [2.45, 2.75) is 56.3 Å². The Bertz CT molecular complexity index is 1140. The number of carboxylic acids is 2. The highest BCUT2D eigenvalue weighted by Gasteiger charge is 2.31. The molecule has 3 amide bonds. The minimum Gasteiger partial charge on any atom is -0.508 e. The van der Waals surface area contributed by atoms with Crippen LogP contribution in [0.2, 0.25) is 0 Å². The number of nitrogens with one attached hydrogen (secondary N) is 4. The first-order valence-corrected chi connectivity index (χ1v) is 13.7. The minimum absolute atomic E-state index is 0.0157. The molecule has 1 aromatic heterocycles. The second-order valence-electron chi connectivity index (χ2n) is 8.99. The monoisotopic (exact) mass is 578 g/mol. The fourth-order valence-corrected chi connectivity index (χ4v) is 4.12. The lowest BCUT2D eigenvalue weighted by atomic mass is 10.0. The fourth-order valence-electron chi connectivity index (χ4n) is 3.63. The molecule has 0 radical (unpaired) electrons. The molecule has 1 heterocycles. The summed E-state index contributed by atoms with van der Waals surface area (Å²) in [5.41, 5.74) is 6.95. The van der Waals surface area contributed by atoms with Gasteiger partial charge in [0.1, 0.15) is 23.9 Å². The summed E-state index contributed by atoms with van der Waals surface area (Å²) >= 11 is 1.51. The number of amides is 3. The Kier molecular flexibility index (Phi) is 12.9. The summed E-state index contributed by atoms with van der Waals surface area (Å²) in [4.78, 5) is 68.8. The number of rotatable bonds is 17. The Morgan fingerprint density at radius 2 is 1.55 bits per heavy atom. The molecule has 0 spiro atoms. The highest BCUT2D eigenvalue weighted by Crippen LogP contribution is 2.12. The van der Waals surface area contributed by atoms with Gasteiger partial charge in [0.2, 0.25) is 17.7 Å². The summed E-state index contributed by atoms with van der Waals surface area (Å²) in [6.45, 7) is 0. The Labute approximate surface area is 234 Å². The molecule has 40 heavy (non-hydrogen) atoms. The lowest BCUT2D eigenvalue weighted by Crippen LogP contribution is -2.58. The molecule has 0 aliphatic rings. The number of phenolic OH excluding ortho intramolecular Hbond substituents is 1. The van der Waals surface area contributed by atoms with Crippen LogP contribution in [0.4, 0.5) is 0 Å². The third-order valence-electron chi connectivity index (χ3n) is 5.85. The van der Waals surface area contributed by atoms with E-state index in [9.17, 15) is 34.2 Å². The fraction of sp³-hybridized carbons (Fsp3) is 0.440. The highest BCUT2D eigenvalue weighted by atomic mass is 32.2. The van der Waals surface area contributed by atoms with Gasteiger partial charge >= 0.3 is 11.9 Å². The van der Waals surface area contributed by atoms with Gasteiger partial charge in [-0.25, -0.2) is 9.78 Å². The summed E-state index contributed by atoms with van der Waals surface area (Å²) in [5.74, 6) is -4.27. The number of carboxylic acid groups (broad SMARTS) is 2. The number of aromatic hydroxyl groups is 1. The molecular weight excluding hydrogens is 544 g/mol. The molecule has 0 saturated carbocycles. The zero-order valence-electron chi connectivity index (χ0n) is 21.8. The summed E-state index contributed by atoms with van der Waals surface area (Å²) in [5, 5.41) is 35.6. The van der Waals surface area contributed by atoms with E-state index in [1.165, 1.54) is 48.6 Å². The molecule has 218 valence electrons. The van der Waals surface area contributed by atoms with Crippen molar-refractivity contribution in [3.05, 3.63) is 48.0 Å². The van der Waals surface area contributed by atoms with Crippen molar-refractivity contribution in [1.29, 1.82) is 0 Å². The van der Waals surface area contributed by atoms with E-state index >= 15 is 0 Å². The van der Waals surface area contributed by atoms with E-state index in [1.807, 2.05) is 6.26 Å². The SMILES string of the molecule is CSCCC(N)C(=O)NC(Cc1cnc[nH]1)C(=O)NC(CCC(=O)O)C(=O)NC(Cc1ccc(O)cc1)C(=O)O. The number of nitrogens with two attached hydrogens (primary N) is 1. The van der Waals surface area contributed by atoms with E-state index < -0.39 is 60.2 Å². The average molecular weight is 579 g/mol. The molecule has 0 aliphatic heterocycles. The van der Waals surface area contributed by atoms with Gasteiger partial charge in [-0.2, -0.15) is 11.8 Å². The molecule has 0 fully saturated rings. The molecule has 0 saturated heterocycles. The predicted molar refractivity (Wildman–Crippen MR) is 145 cm³/mol. The zero-order chi connectivity index (χ0) is 29.7. The molecule has 0 aliphatic carbocycles. The first-order valence-electron chi connectivity index (χ1n) is 12.4. The number of aliphatic carboxylic acids is 2. The standard InChI is InChI=1S/C25H34N6O8S/c1-40-9-8-17(26)22(35)30-19(11-15-12-27-13-28-15)24(37)29-18(6-7-21(33)34)23(36)31-20(25(38)39)10-14-2-4-16(32)5-3-14/h2-5,12-13,17-20,32H,6-11,26H2,1H3,(H,27,28)(H,29,37)(H,30,35)(H,31,36)(H,33,34)(H,38,39). The Morgan fingerprint density at radius 3 is 2.12 bits per heavy atom. The predicted octanol–water partition coefficient (Wildman–Crippen LogP) is -0.615. The number of carbonyl (C=O) groups excluding carboxylic acids is 3. The number of H-pyrrole nitrogens is 1. The van der Waals surface area contributed by atoms with Gasteiger partial charge in [-0.05, 0) is 42.5 Å². The van der Waals surface area contributed by atoms with Crippen molar-refractivity contribution < 1.29 is 39.3 Å². The molecule has 2 rings (SSSR count). The quantitative estimate of drug-likeness (QED) is 0.118. The molecule has 4 unspecified atom stereocenters. The van der Waals surface area contributed by atoms with E-state index in [1.54, 1.807) is 0 Å². The van der Waals surface area contributed by atoms with Crippen molar-refractivity contribution in [1.82, 2.24) is 25.9 Å². The molecule has 0 bridgehead atoms. The first-order chi connectivity index (χ1) is 19.0. The summed E-state index contributed by atoms with van der Waals surface area (Å²) < 4.78 is 0. The van der Waals surface area contributed by atoms with E-state index in [2.05, 4.69) is 25.9 Å². The lowest BCUT2D eigenvalue weighted by Gasteiger charge is -2.25. The number of aromatic nitrogens is 2. The van der Waals surface area contributed by atoms with Crippen LogP contribution in [0.15, 0.2) is 36.8 Å². The second-order valence-corrected chi connectivity index (χ2v) is 9.98. The van der Waals surface area contributed by atoms with Gasteiger partial charge in [0.25, 0.3) is 0 Å². The third-order valence-corrected chi connectivity index (χ3v) is 6.50. The molecule has 2 aromatic rings. The van der Waals surface area contributed by atoms with Crippen molar-refractivity contribution >= 4 is 41.4 Å². The van der Waals surface area contributed by atoms with Crippen LogP contribution in [0.25, 0.3) is 0 Å². The molecule has 15 heteroatoms. The second kappa shape index (κ2) is 16.1. The van der Waals surface area contributed by atoms with Gasteiger partial charge in [0, 0.05) is 31.2 Å². The number of phenols is 1. The van der Waals surface area contributed by atoms with Crippen molar-refractivity contribution in [2.75, 3.05) is 12.0 Å². The van der Waals surface area contributed by atoms with Crippen molar-refractivity contribution in [3.8, 4) is 5.75 Å². The number of aromatic amines is 1. The lowest BCUT2D eigenvalue weighted by molar-refractivity contribution is -0.143.